The summed E-state index contributed by atoms with van der Waals surface area (Å²) in [6.45, 7) is 7.21. The Labute approximate surface area is 156 Å². The Morgan fingerprint density at radius 1 is 1.22 bits per heavy atom. The van der Waals surface area contributed by atoms with Crippen molar-refractivity contribution in [3.05, 3.63) is 53.1 Å². The quantitative estimate of drug-likeness (QED) is 0.396. The van der Waals surface area contributed by atoms with Gasteiger partial charge in [0.1, 0.15) is 18.0 Å². The molecule has 3 rings (SSSR count). The van der Waals surface area contributed by atoms with Gasteiger partial charge in [-0.05, 0) is 18.2 Å². The van der Waals surface area contributed by atoms with E-state index in [0.717, 1.165) is 18.2 Å². The molecule has 0 atom stereocenters. The molecule has 0 unspecified atom stereocenters. The first kappa shape index (κ1) is 19.3. The van der Waals surface area contributed by atoms with Gasteiger partial charge in [0.2, 0.25) is 5.69 Å². The number of alkyl halides is 3. The van der Waals surface area contributed by atoms with Gasteiger partial charge in [0.15, 0.2) is 5.82 Å². The van der Waals surface area contributed by atoms with Crippen molar-refractivity contribution in [1.29, 1.82) is 0 Å². The van der Waals surface area contributed by atoms with Gasteiger partial charge in [0.05, 0.1) is 18.0 Å². The topological polar surface area (TPSA) is 51.0 Å². The van der Waals surface area contributed by atoms with Crippen molar-refractivity contribution in [1.82, 2.24) is 0 Å². The summed E-state index contributed by atoms with van der Waals surface area (Å²) in [5.74, 6) is -1.14. The predicted molar refractivity (Wildman–Crippen MR) is 89.6 cm³/mol. The van der Waals surface area contributed by atoms with Crippen LogP contribution in [0.15, 0.2) is 35.2 Å². The summed E-state index contributed by atoms with van der Waals surface area (Å²) in [6.07, 6.45) is -4.63. The van der Waals surface area contributed by atoms with E-state index in [0.29, 0.717) is 12.1 Å². The van der Waals surface area contributed by atoms with Crippen LogP contribution in [0.5, 0.6) is 5.75 Å². The molecule has 2 aromatic rings. The lowest BCUT2D eigenvalue weighted by Gasteiger charge is -2.32. The fraction of sp³-hybridized carbons (Fsp3) is 0.188. The lowest BCUT2D eigenvalue weighted by atomic mass is 10.1. The van der Waals surface area contributed by atoms with Gasteiger partial charge in [-0.15, -0.1) is 0 Å². The maximum atomic E-state index is 14.6. The van der Waals surface area contributed by atoms with Crippen LogP contribution < -0.4 is 9.64 Å². The summed E-state index contributed by atoms with van der Waals surface area (Å²) in [6, 6.07) is 4.23. The number of hydrogen-bond donors (Lipinski definition) is 0. The summed E-state index contributed by atoms with van der Waals surface area (Å²) < 4.78 is 81.4. The lowest BCUT2D eigenvalue weighted by Crippen LogP contribution is -2.29. The van der Waals surface area contributed by atoms with E-state index < -0.39 is 31.5 Å². The molecule has 0 radical (unpaired) electrons. The Morgan fingerprint density at radius 2 is 1.93 bits per heavy atom. The van der Waals surface area contributed by atoms with Gasteiger partial charge in [0, 0.05) is 28.0 Å². The number of rotatable bonds is 2. The lowest BCUT2D eigenvalue weighted by molar-refractivity contribution is -0.137. The molecule has 11 heteroatoms. The third kappa shape index (κ3) is 3.65. The van der Waals surface area contributed by atoms with E-state index in [4.69, 9.17) is 22.0 Å². The molecule has 0 bridgehead atoms. The van der Waals surface area contributed by atoms with Crippen LogP contribution >= 0.6 is 10.7 Å². The fourth-order valence-corrected chi connectivity index (χ4v) is 3.44. The molecule has 27 heavy (non-hydrogen) atoms. The van der Waals surface area contributed by atoms with Crippen LogP contribution in [0, 0.1) is 12.4 Å². The molecular formula is C16H9ClF4N2O3S. The smallest absolute Gasteiger partial charge is 0.415 e. The van der Waals surface area contributed by atoms with Gasteiger partial charge in [-0.1, -0.05) is 6.07 Å². The van der Waals surface area contributed by atoms with E-state index in [1.165, 1.54) is 4.90 Å². The first-order chi connectivity index (χ1) is 12.5. The molecule has 0 amide bonds. The van der Waals surface area contributed by atoms with Crippen LogP contribution in [0.25, 0.3) is 4.85 Å². The highest BCUT2D eigenvalue weighted by molar-refractivity contribution is 8.13. The van der Waals surface area contributed by atoms with Crippen LogP contribution in [0.3, 0.4) is 0 Å². The molecule has 0 aliphatic carbocycles. The third-order valence-corrected chi connectivity index (χ3v) is 5.17. The van der Waals surface area contributed by atoms with E-state index in [2.05, 4.69) is 4.85 Å². The highest BCUT2D eigenvalue weighted by atomic mass is 35.7. The highest BCUT2D eigenvalue weighted by Gasteiger charge is 2.33. The SMILES string of the molecule is [C-]#[N+]c1cc(C(F)(F)F)ccc1N1CCOc2cc(S(=O)(=O)Cl)cc(F)c21. The van der Waals surface area contributed by atoms with Gasteiger partial charge in [-0.25, -0.2) is 17.7 Å². The van der Waals surface area contributed by atoms with Gasteiger partial charge in [-0.2, -0.15) is 13.2 Å². The minimum atomic E-state index is -4.63. The Morgan fingerprint density at radius 3 is 2.52 bits per heavy atom. The molecule has 1 aliphatic heterocycles. The maximum absolute atomic E-state index is 14.6. The monoisotopic (exact) mass is 420 g/mol. The minimum Gasteiger partial charge on any atom is -0.489 e. The second-order valence-corrected chi connectivity index (χ2v) is 8.07. The Balaban J connectivity index is 2.16. The number of benzene rings is 2. The third-order valence-electron chi connectivity index (χ3n) is 3.84. The number of nitrogens with zero attached hydrogens (tertiary/aromatic N) is 2. The number of halogens is 5. The zero-order valence-corrected chi connectivity index (χ0v) is 14.8. The first-order valence-electron chi connectivity index (χ1n) is 7.29. The summed E-state index contributed by atoms with van der Waals surface area (Å²) in [4.78, 5) is 3.86. The van der Waals surface area contributed by atoms with E-state index in [9.17, 15) is 26.0 Å². The number of fused-ring (bicyclic) bond motifs is 1. The molecule has 0 saturated heterocycles. The van der Waals surface area contributed by atoms with Crippen molar-refractivity contribution in [2.75, 3.05) is 18.1 Å². The average Bonchev–Trinajstić information content (AvgIpc) is 2.59. The molecule has 0 spiro atoms. The zero-order valence-electron chi connectivity index (χ0n) is 13.2. The van der Waals surface area contributed by atoms with Gasteiger partial charge in [0.25, 0.3) is 9.05 Å². The van der Waals surface area contributed by atoms with E-state index in [-0.39, 0.29) is 36.0 Å². The van der Waals surface area contributed by atoms with Crippen molar-refractivity contribution in [2.24, 2.45) is 0 Å². The first-order valence-corrected chi connectivity index (χ1v) is 9.60. The predicted octanol–water partition coefficient (Wildman–Crippen LogP) is 4.85. The minimum absolute atomic E-state index is 0.00328. The van der Waals surface area contributed by atoms with Crippen LogP contribution in [0.1, 0.15) is 5.56 Å². The summed E-state index contributed by atoms with van der Waals surface area (Å²) in [7, 11) is 1.01. The van der Waals surface area contributed by atoms with Crippen molar-refractivity contribution in [2.45, 2.75) is 11.1 Å². The largest absolute Gasteiger partial charge is 0.489 e. The second kappa shape index (κ2) is 6.58. The summed E-state index contributed by atoms with van der Waals surface area (Å²) >= 11 is 0. The molecule has 1 aliphatic rings. The zero-order chi connectivity index (χ0) is 20.0. The number of anilines is 2. The molecule has 1 heterocycles. The van der Waals surface area contributed by atoms with E-state index in [1.54, 1.807) is 0 Å². The molecule has 0 saturated carbocycles. The number of ether oxygens (including phenoxy) is 1. The standard InChI is InChI=1S/C16H9ClF4N2O3S/c1-22-12-6-9(16(19,20)21)2-3-13(12)23-4-5-26-14-8-10(27(17,24)25)7-11(18)15(14)23/h2-3,6-8H,4-5H2. The molecule has 5 nitrogen and oxygen atoms in total. The van der Waals surface area contributed by atoms with E-state index in [1.807, 2.05) is 0 Å². The highest BCUT2D eigenvalue weighted by Crippen LogP contribution is 2.45. The van der Waals surface area contributed by atoms with Crippen LogP contribution in [0.2, 0.25) is 0 Å². The van der Waals surface area contributed by atoms with Crippen molar-refractivity contribution >= 4 is 36.8 Å². The Hall–Kier alpha value is -2.51. The van der Waals surface area contributed by atoms with Gasteiger partial charge < -0.3 is 9.64 Å². The number of hydrogen-bond acceptors (Lipinski definition) is 4. The van der Waals surface area contributed by atoms with Crippen molar-refractivity contribution < 1.29 is 30.7 Å². The van der Waals surface area contributed by atoms with Gasteiger partial charge in [-0.3, -0.25) is 0 Å². The van der Waals surface area contributed by atoms with Crippen LogP contribution in [-0.4, -0.2) is 21.6 Å². The fourth-order valence-electron chi connectivity index (χ4n) is 2.68. The van der Waals surface area contributed by atoms with E-state index >= 15 is 0 Å². The second-order valence-electron chi connectivity index (χ2n) is 5.50. The van der Waals surface area contributed by atoms with Crippen molar-refractivity contribution in [3.63, 3.8) is 0 Å². The van der Waals surface area contributed by atoms with Crippen LogP contribution in [0.4, 0.5) is 34.6 Å². The van der Waals surface area contributed by atoms with Crippen molar-refractivity contribution in [3.8, 4) is 5.75 Å². The Kier molecular flexibility index (Phi) is 4.69. The molecule has 142 valence electrons. The van der Waals surface area contributed by atoms with Gasteiger partial charge >= 0.3 is 6.18 Å². The average molecular weight is 421 g/mol. The summed E-state index contributed by atoms with van der Waals surface area (Å²) in [5.41, 5.74) is -1.47. The maximum Gasteiger partial charge on any atom is 0.415 e. The molecule has 0 aromatic heterocycles. The molecule has 2 aromatic carbocycles. The Bertz CT molecular complexity index is 1060. The molecule has 0 N–H and O–H groups in total. The normalized spacial score (nSPS) is 14.3. The summed E-state index contributed by atoms with van der Waals surface area (Å²) in [5, 5.41) is 0. The molecular weight excluding hydrogens is 412 g/mol. The molecule has 0 fully saturated rings. The van der Waals surface area contributed by atoms with Crippen LogP contribution in [-0.2, 0) is 15.2 Å².